The van der Waals surface area contributed by atoms with Gasteiger partial charge in [-0.2, -0.15) is 5.10 Å². The monoisotopic (exact) mass is 595 g/mol. The van der Waals surface area contributed by atoms with Crippen LogP contribution in [0.4, 0.5) is 5.82 Å². The minimum absolute atomic E-state index is 0.447. The predicted octanol–water partition coefficient (Wildman–Crippen LogP) is 4.24. The number of anilines is 1. The van der Waals surface area contributed by atoms with Crippen molar-refractivity contribution in [2.45, 2.75) is 56.2 Å². The largest absolute Gasteiger partial charge is 0.383 e. The Hall–Kier alpha value is -3.93. The van der Waals surface area contributed by atoms with Gasteiger partial charge in [0.2, 0.25) is 0 Å². The number of pyridine rings is 2. The molecule has 1 aromatic carbocycles. The minimum Gasteiger partial charge on any atom is -0.383 e. The van der Waals surface area contributed by atoms with Gasteiger partial charge in [-0.05, 0) is 106 Å². The zero-order valence-electron chi connectivity index (χ0n) is 24.4. The van der Waals surface area contributed by atoms with Crippen LogP contribution in [-0.2, 0) is 23.8 Å². The summed E-state index contributed by atoms with van der Waals surface area (Å²) in [4.78, 5) is 14.1. The molecule has 0 spiro atoms. The molecule has 222 valence electrons. The summed E-state index contributed by atoms with van der Waals surface area (Å²) < 4.78 is 17.8. The van der Waals surface area contributed by atoms with Gasteiger partial charge in [-0.15, -0.1) is 0 Å². The Morgan fingerprint density at radius 1 is 0.953 bits per heavy atom. The van der Waals surface area contributed by atoms with Crippen molar-refractivity contribution in [3.8, 4) is 22.9 Å². The summed E-state index contributed by atoms with van der Waals surface area (Å²) in [5, 5.41) is 8.10. The maximum absolute atomic E-state index is 11.8. The molecule has 2 fully saturated rings. The van der Waals surface area contributed by atoms with Gasteiger partial charge in [0.1, 0.15) is 11.3 Å². The second-order valence-corrected chi connectivity index (χ2v) is 13.2. The number of aromatic nitrogens is 6. The van der Waals surface area contributed by atoms with Crippen LogP contribution in [0, 0.1) is 0 Å². The molecule has 0 bridgehead atoms. The van der Waals surface area contributed by atoms with E-state index in [0.717, 1.165) is 72.8 Å². The number of benzene rings is 1. The number of hydrogen-bond donors (Lipinski definition) is 2. The Balaban J connectivity index is 0.000000193. The molecular weight excluding hydrogens is 558 g/mol. The molecule has 1 atom stereocenters. The number of nitrogens with zero attached hydrogens (tertiary/aromatic N) is 7. The lowest BCUT2D eigenvalue weighted by molar-refractivity contribution is 0.310. The Morgan fingerprint density at radius 2 is 1.79 bits per heavy atom. The molecule has 5 aromatic rings. The highest BCUT2D eigenvalue weighted by molar-refractivity contribution is 7.83. The molecule has 1 saturated heterocycles. The van der Waals surface area contributed by atoms with Gasteiger partial charge in [-0.1, -0.05) is 6.07 Å². The van der Waals surface area contributed by atoms with Gasteiger partial charge in [-0.25, -0.2) is 28.1 Å². The molecule has 8 rings (SSSR count). The van der Waals surface area contributed by atoms with Crippen LogP contribution in [0.2, 0.25) is 0 Å². The second-order valence-electron chi connectivity index (χ2n) is 11.4. The van der Waals surface area contributed by atoms with Crippen LogP contribution >= 0.6 is 0 Å². The molecule has 3 aliphatic rings. The molecule has 2 aliphatic carbocycles. The van der Waals surface area contributed by atoms with Crippen molar-refractivity contribution in [2.24, 2.45) is 0 Å². The fourth-order valence-electron chi connectivity index (χ4n) is 6.01. The van der Waals surface area contributed by atoms with Gasteiger partial charge >= 0.3 is 0 Å². The van der Waals surface area contributed by atoms with Crippen molar-refractivity contribution in [1.82, 2.24) is 38.9 Å². The fraction of sp³-hybridized carbons (Fsp3) is 0.375. The number of piperidine rings is 1. The topological polar surface area (TPSA) is 120 Å². The first-order valence-corrected chi connectivity index (χ1v) is 16.3. The summed E-state index contributed by atoms with van der Waals surface area (Å²) in [6, 6.07) is 16.9. The SMILES string of the molecule is CNC1CCN(S(=O)C2CC2)CC1.Nc1ncccc1-c1nc2ccc(-n3cccn3)nc2n1-c1ccc2c(c1)CCC2. The van der Waals surface area contributed by atoms with E-state index in [1.807, 2.05) is 43.6 Å². The maximum Gasteiger partial charge on any atom is 0.167 e. The van der Waals surface area contributed by atoms with E-state index in [2.05, 4.69) is 42.5 Å². The summed E-state index contributed by atoms with van der Waals surface area (Å²) in [5.41, 5.74) is 12.4. The number of nitrogens with one attached hydrogen (secondary N) is 1. The normalized spacial score (nSPS) is 17.9. The fourth-order valence-corrected chi connectivity index (χ4v) is 7.54. The van der Waals surface area contributed by atoms with Gasteiger partial charge < -0.3 is 11.1 Å². The lowest BCUT2D eigenvalue weighted by atomic mass is 10.1. The molecule has 3 N–H and O–H groups in total. The first kappa shape index (κ1) is 27.9. The van der Waals surface area contributed by atoms with Gasteiger partial charge in [-0.3, -0.25) is 4.57 Å². The third kappa shape index (κ3) is 5.72. The Labute approximate surface area is 253 Å². The van der Waals surface area contributed by atoms with Crippen LogP contribution in [0.1, 0.15) is 43.2 Å². The molecule has 0 amide bonds. The van der Waals surface area contributed by atoms with Crippen molar-refractivity contribution >= 4 is 28.0 Å². The van der Waals surface area contributed by atoms with Crippen molar-refractivity contribution < 1.29 is 4.21 Å². The molecule has 11 heteroatoms. The number of nitrogen functional groups attached to an aromatic ring is 1. The van der Waals surface area contributed by atoms with Crippen LogP contribution < -0.4 is 11.1 Å². The lowest BCUT2D eigenvalue weighted by Crippen LogP contribution is -2.42. The quantitative estimate of drug-likeness (QED) is 0.301. The Morgan fingerprint density at radius 3 is 2.53 bits per heavy atom. The highest BCUT2D eigenvalue weighted by Gasteiger charge is 2.34. The summed E-state index contributed by atoms with van der Waals surface area (Å²) in [5.74, 6) is 1.92. The molecule has 5 heterocycles. The third-order valence-electron chi connectivity index (χ3n) is 8.57. The number of nitrogens with two attached hydrogens (primary N) is 1. The van der Waals surface area contributed by atoms with Crippen molar-refractivity contribution in [1.29, 1.82) is 0 Å². The van der Waals surface area contributed by atoms with Gasteiger partial charge in [0.25, 0.3) is 0 Å². The average Bonchev–Trinajstić information content (AvgIpc) is 3.40. The van der Waals surface area contributed by atoms with Gasteiger partial charge in [0, 0.05) is 48.7 Å². The zero-order valence-corrected chi connectivity index (χ0v) is 25.2. The number of rotatable bonds is 6. The number of fused-ring (bicyclic) bond motifs is 2. The van der Waals surface area contributed by atoms with Crippen LogP contribution in [0.3, 0.4) is 0 Å². The van der Waals surface area contributed by atoms with E-state index in [1.54, 1.807) is 17.1 Å². The summed E-state index contributed by atoms with van der Waals surface area (Å²) >= 11 is 0. The van der Waals surface area contributed by atoms with Crippen LogP contribution in [0.15, 0.2) is 67.1 Å². The average molecular weight is 596 g/mol. The van der Waals surface area contributed by atoms with Crippen molar-refractivity contribution in [3.05, 3.63) is 78.2 Å². The first-order valence-electron chi connectivity index (χ1n) is 15.1. The molecule has 1 aliphatic heterocycles. The Kier molecular flexibility index (Phi) is 7.77. The van der Waals surface area contributed by atoms with E-state index in [4.69, 9.17) is 15.7 Å². The van der Waals surface area contributed by atoms with Crippen LogP contribution in [0.5, 0.6) is 0 Å². The predicted molar refractivity (Wildman–Crippen MR) is 170 cm³/mol. The minimum atomic E-state index is -0.658. The zero-order chi connectivity index (χ0) is 29.3. The maximum atomic E-state index is 11.8. The summed E-state index contributed by atoms with van der Waals surface area (Å²) in [6.45, 7) is 2.02. The summed E-state index contributed by atoms with van der Waals surface area (Å²) in [6.07, 6.45) is 13.4. The number of hydrogen-bond acceptors (Lipinski definition) is 7. The smallest absolute Gasteiger partial charge is 0.167 e. The van der Waals surface area contributed by atoms with Crippen molar-refractivity contribution in [2.75, 3.05) is 25.9 Å². The first-order chi connectivity index (χ1) is 21.1. The molecule has 10 nitrogen and oxygen atoms in total. The van der Waals surface area contributed by atoms with E-state index < -0.39 is 11.0 Å². The highest BCUT2D eigenvalue weighted by Crippen LogP contribution is 2.33. The molecular formula is C32H37N9OS. The molecule has 1 saturated carbocycles. The van der Waals surface area contributed by atoms with E-state index in [0.29, 0.717) is 17.1 Å². The standard InChI is InChI=1S/C23H19N7.C9H18N2OS/c24-21-18(6-2-11-25-21)22-27-19-9-10-20(29-13-3-12-26-29)28-23(19)30(22)17-8-7-15-4-1-5-16(15)14-17;1-10-8-4-6-11(7-5-8)13(12)9-2-3-9/h2-3,6-14H,1,4-5H2,(H2,24,25);8-10H,2-7H2,1H3. The Bertz CT molecular complexity index is 1750. The van der Waals surface area contributed by atoms with E-state index in [9.17, 15) is 4.21 Å². The van der Waals surface area contributed by atoms with E-state index >= 15 is 0 Å². The second kappa shape index (κ2) is 12.0. The summed E-state index contributed by atoms with van der Waals surface area (Å²) in [7, 11) is 1.35. The van der Waals surface area contributed by atoms with Gasteiger partial charge in [0.05, 0.1) is 16.5 Å². The molecule has 43 heavy (non-hydrogen) atoms. The van der Waals surface area contributed by atoms with Crippen LogP contribution in [-0.4, -0.2) is 69.2 Å². The highest BCUT2D eigenvalue weighted by atomic mass is 32.2. The molecule has 4 aromatic heterocycles. The van der Waals surface area contributed by atoms with Crippen molar-refractivity contribution in [3.63, 3.8) is 0 Å². The number of aryl methyl sites for hydroxylation is 2. The van der Waals surface area contributed by atoms with Gasteiger partial charge in [0.15, 0.2) is 17.3 Å². The van der Waals surface area contributed by atoms with E-state index in [-0.39, 0.29) is 0 Å². The lowest BCUT2D eigenvalue weighted by Gasteiger charge is -2.30. The molecule has 1 unspecified atom stereocenters. The van der Waals surface area contributed by atoms with E-state index in [1.165, 1.54) is 30.4 Å². The third-order valence-corrected chi connectivity index (χ3v) is 10.5. The molecule has 0 radical (unpaired) electrons. The van der Waals surface area contributed by atoms with Crippen LogP contribution in [0.25, 0.3) is 34.1 Å². The number of imidazole rings is 1.